The van der Waals surface area contributed by atoms with E-state index in [1.807, 2.05) is 11.8 Å². The summed E-state index contributed by atoms with van der Waals surface area (Å²) in [5.41, 5.74) is 0.615. The predicted octanol–water partition coefficient (Wildman–Crippen LogP) is 3.11. The highest BCUT2D eigenvalue weighted by Gasteiger charge is 2.22. The lowest BCUT2D eigenvalue weighted by atomic mass is 10.2. The number of hydrogen-bond donors (Lipinski definition) is 0. The first-order chi connectivity index (χ1) is 10.2. The molecule has 1 aromatic carbocycles. The third-order valence-electron chi connectivity index (χ3n) is 3.78. The Kier molecular flexibility index (Phi) is 4.14. The zero-order valence-corrected chi connectivity index (χ0v) is 13.0. The second kappa shape index (κ2) is 6.05. The number of thioether (sulfide) groups is 1. The Morgan fingerprint density at radius 2 is 2.29 bits per heavy atom. The van der Waals surface area contributed by atoms with Crippen molar-refractivity contribution in [2.24, 2.45) is 0 Å². The van der Waals surface area contributed by atoms with Crippen molar-refractivity contribution in [3.8, 4) is 5.75 Å². The van der Waals surface area contributed by atoms with Gasteiger partial charge in [0.25, 0.3) is 0 Å². The Morgan fingerprint density at radius 1 is 1.43 bits per heavy atom. The summed E-state index contributed by atoms with van der Waals surface area (Å²) in [6.45, 7) is 4.12. The second-order valence-corrected chi connectivity index (χ2v) is 6.46. The molecule has 1 saturated heterocycles. The van der Waals surface area contributed by atoms with Gasteiger partial charge in [0, 0.05) is 35.5 Å². The maximum Gasteiger partial charge on any atom is 0.167 e. The van der Waals surface area contributed by atoms with Crippen LogP contribution >= 0.6 is 11.8 Å². The Morgan fingerprint density at radius 3 is 3.05 bits per heavy atom. The number of anilines is 1. The quantitative estimate of drug-likeness (QED) is 0.871. The van der Waals surface area contributed by atoms with Crippen LogP contribution in [0.5, 0.6) is 5.75 Å². The fourth-order valence-corrected chi connectivity index (χ4v) is 3.79. The van der Waals surface area contributed by atoms with E-state index in [-0.39, 0.29) is 5.75 Å². The first kappa shape index (κ1) is 14.4. The molecule has 1 fully saturated rings. The molecule has 2 heterocycles. The van der Waals surface area contributed by atoms with Crippen LogP contribution in [-0.2, 0) is 0 Å². The Hall–Kier alpha value is -1.56. The van der Waals surface area contributed by atoms with E-state index in [9.17, 15) is 4.39 Å². The van der Waals surface area contributed by atoms with Crippen molar-refractivity contribution in [3.05, 3.63) is 24.3 Å². The van der Waals surface area contributed by atoms with Crippen LogP contribution in [0, 0.1) is 5.82 Å². The number of hydrogen-bond acceptors (Lipinski definition) is 5. The SMILES string of the molecule is CCC1CN(c2ncnc3cc(F)c(OC)cc23)CCS1. The highest BCUT2D eigenvalue weighted by Crippen LogP contribution is 2.32. The van der Waals surface area contributed by atoms with E-state index in [4.69, 9.17) is 4.74 Å². The minimum atomic E-state index is -0.393. The number of aromatic nitrogens is 2. The smallest absolute Gasteiger partial charge is 0.167 e. The van der Waals surface area contributed by atoms with Crippen molar-refractivity contribution < 1.29 is 9.13 Å². The number of methoxy groups -OCH3 is 1. The van der Waals surface area contributed by atoms with Crippen LogP contribution in [0.4, 0.5) is 10.2 Å². The fourth-order valence-electron chi connectivity index (χ4n) is 2.61. The lowest BCUT2D eigenvalue weighted by Gasteiger charge is -2.33. The van der Waals surface area contributed by atoms with Gasteiger partial charge in [-0.2, -0.15) is 11.8 Å². The van der Waals surface area contributed by atoms with Crippen LogP contribution in [0.25, 0.3) is 10.9 Å². The zero-order chi connectivity index (χ0) is 14.8. The molecule has 21 heavy (non-hydrogen) atoms. The summed E-state index contributed by atoms with van der Waals surface area (Å²) >= 11 is 2.01. The number of ether oxygens (including phenoxy) is 1. The van der Waals surface area contributed by atoms with Crippen molar-refractivity contribution >= 4 is 28.5 Å². The average molecular weight is 307 g/mol. The highest BCUT2D eigenvalue weighted by molar-refractivity contribution is 8.00. The minimum absolute atomic E-state index is 0.233. The third kappa shape index (κ3) is 2.77. The predicted molar refractivity (Wildman–Crippen MR) is 84.8 cm³/mol. The summed E-state index contributed by atoms with van der Waals surface area (Å²) in [6, 6.07) is 3.11. The molecule has 3 rings (SSSR count). The van der Waals surface area contributed by atoms with Crippen LogP contribution < -0.4 is 9.64 Å². The molecular weight excluding hydrogens is 289 g/mol. The molecule has 112 valence electrons. The van der Waals surface area contributed by atoms with Gasteiger partial charge in [-0.25, -0.2) is 14.4 Å². The van der Waals surface area contributed by atoms with E-state index in [0.29, 0.717) is 10.8 Å². The summed E-state index contributed by atoms with van der Waals surface area (Å²) in [5.74, 6) is 1.80. The maximum atomic E-state index is 13.8. The molecule has 0 aliphatic carbocycles. The van der Waals surface area contributed by atoms with Gasteiger partial charge in [-0.15, -0.1) is 0 Å². The molecule has 0 bridgehead atoms. The first-order valence-corrected chi connectivity index (χ1v) is 8.12. The largest absolute Gasteiger partial charge is 0.494 e. The van der Waals surface area contributed by atoms with Gasteiger partial charge in [-0.1, -0.05) is 6.92 Å². The molecule has 1 aliphatic rings. The molecule has 1 aliphatic heterocycles. The van der Waals surface area contributed by atoms with Gasteiger partial charge < -0.3 is 9.64 Å². The monoisotopic (exact) mass is 307 g/mol. The summed E-state index contributed by atoms with van der Waals surface area (Å²) in [6.07, 6.45) is 2.65. The second-order valence-electron chi connectivity index (χ2n) is 5.05. The number of fused-ring (bicyclic) bond motifs is 1. The molecule has 1 aromatic heterocycles. The minimum Gasteiger partial charge on any atom is -0.494 e. The molecular formula is C15H18FN3OS. The Bertz CT molecular complexity index is 652. The van der Waals surface area contributed by atoms with Crippen LogP contribution in [0.2, 0.25) is 0 Å². The van der Waals surface area contributed by atoms with Gasteiger partial charge in [0.2, 0.25) is 0 Å². The normalized spacial score (nSPS) is 19.0. The maximum absolute atomic E-state index is 13.8. The lowest BCUT2D eigenvalue weighted by Crippen LogP contribution is -2.38. The van der Waals surface area contributed by atoms with Crippen LogP contribution in [0.3, 0.4) is 0 Å². The van der Waals surface area contributed by atoms with Gasteiger partial charge in [0.05, 0.1) is 12.6 Å². The van der Waals surface area contributed by atoms with Crippen LogP contribution in [-0.4, -0.2) is 41.2 Å². The molecule has 0 radical (unpaired) electrons. The summed E-state index contributed by atoms with van der Waals surface area (Å²) in [7, 11) is 1.47. The van der Waals surface area contributed by atoms with E-state index in [0.717, 1.165) is 36.5 Å². The third-order valence-corrected chi connectivity index (χ3v) is 5.15. The van der Waals surface area contributed by atoms with E-state index in [1.54, 1.807) is 6.07 Å². The Balaban J connectivity index is 2.05. The molecule has 6 heteroatoms. The van der Waals surface area contributed by atoms with Crippen molar-refractivity contribution in [2.75, 3.05) is 30.9 Å². The number of halogens is 1. The molecule has 0 N–H and O–H groups in total. The van der Waals surface area contributed by atoms with Gasteiger partial charge in [0.1, 0.15) is 12.1 Å². The zero-order valence-electron chi connectivity index (χ0n) is 12.2. The van der Waals surface area contributed by atoms with Crippen LogP contribution in [0.15, 0.2) is 18.5 Å². The van der Waals surface area contributed by atoms with Gasteiger partial charge in [-0.3, -0.25) is 0 Å². The summed E-state index contributed by atoms with van der Waals surface area (Å²) in [4.78, 5) is 10.9. The van der Waals surface area contributed by atoms with Crippen molar-refractivity contribution in [2.45, 2.75) is 18.6 Å². The molecule has 1 atom stereocenters. The first-order valence-electron chi connectivity index (χ1n) is 7.07. The fraction of sp³-hybridized carbons (Fsp3) is 0.467. The van der Waals surface area contributed by atoms with E-state index >= 15 is 0 Å². The van der Waals surface area contributed by atoms with E-state index in [1.165, 1.54) is 19.5 Å². The average Bonchev–Trinajstić information content (AvgIpc) is 2.53. The van der Waals surface area contributed by atoms with Crippen LogP contribution in [0.1, 0.15) is 13.3 Å². The molecule has 2 aromatic rings. The molecule has 4 nitrogen and oxygen atoms in total. The Labute approximate surface area is 127 Å². The topological polar surface area (TPSA) is 38.2 Å². The lowest BCUT2D eigenvalue weighted by molar-refractivity contribution is 0.387. The molecule has 0 amide bonds. The van der Waals surface area contributed by atoms with Gasteiger partial charge in [-0.05, 0) is 12.5 Å². The van der Waals surface area contributed by atoms with Crippen molar-refractivity contribution in [1.29, 1.82) is 0 Å². The number of rotatable bonds is 3. The van der Waals surface area contributed by atoms with Crippen molar-refractivity contribution in [1.82, 2.24) is 9.97 Å². The number of benzene rings is 1. The molecule has 1 unspecified atom stereocenters. The van der Waals surface area contributed by atoms with Crippen molar-refractivity contribution in [3.63, 3.8) is 0 Å². The summed E-state index contributed by atoms with van der Waals surface area (Å²) < 4.78 is 18.9. The van der Waals surface area contributed by atoms with Gasteiger partial charge in [0.15, 0.2) is 11.6 Å². The highest BCUT2D eigenvalue weighted by atomic mass is 32.2. The summed E-state index contributed by atoms with van der Waals surface area (Å²) in [5, 5.41) is 1.46. The standard InChI is InChI=1S/C15H18FN3OS/c1-3-10-8-19(4-5-21-10)15-11-6-14(20-2)12(16)7-13(11)17-9-18-15/h6-7,9-10H,3-5,8H2,1-2H3. The number of nitrogens with zero attached hydrogens (tertiary/aromatic N) is 3. The van der Waals surface area contributed by atoms with E-state index < -0.39 is 5.82 Å². The van der Waals surface area contributed by atoms with Gasteiger partial charge >= 0.3 is 0 Å². The van der Waals surface area contributed by atoms with E-state index in [2.05, 4.69) is 21.8 Å². The molecule has 0 saturated carbocycles. The molecule has 0 spiro atoms.